The first-order chi connectivity index (χ1) is 6.77. The average molecular weight is 267 g/mol. The van der Waals surface area contributed by atoms with Crippen LogP contribution in [0.25, 0.3) is 10.1 Å². The van der Waals surface area contributed by atoms with Gasteiger partial charge in [-0.15, -0.1) is 11.3 Å². The standard InChI is InChI=1S/C10H7BrN2S/c11-4-6-9(5-12)14-8-3-1-2-7(13)10(6)8/h1-3H,4,13H2. The molecule has 1 aromatic heterocycles. The quantitative estimate of drug-likeness (QED) is 0.637. The highest BCUT2D eigenvalue weighted by Gasteiger charge is 2.12. The number of rotatable bonds is 1. The number of nitriles is 1. The molecule has 70 valence electrons. The Hall–Kier alpha value is -1.05. The second-order valence-electron chi connectivity index (χ2n) is 2.88. The molecule has 0 aliphatic carbocycles. The zero-order valence-corrected chi connectivity index (χ0v) is 9.65. The van der Waals surface area contributed by atoms with Crippen LogP contribution in [-0.4, -0.2) is 0 Å². The fourth-order valence-corrected chi connectivity index (χ4v) is 3.26. The zero-order chi connectivity index (χ0) is 10.1. The molecule has 0 saturated carbocycles. The van der Waals surface area contributed by atoms with Crippen LogP contribution in [0, 0.1) is 11.3 Å². The number of benzene rings is 1. The van der Waals surface area contributed by atoms with Gasteiger partial charge in [0.05, 0.1) is 0 Å². The minimum absolute atomic E-state index is 0.671. The summed E-state index contributed by atoms with van der Waals surface area (Å²) in [6.45, 7) is 0. The van der Waals surface area contributed by atoms with E-state index in [1.807, 2.05) is 18.2 Å². The normalized spacial score (nSPS) is 10.3. The van der Waals surface area contributed by atoms with E-state index in [0.717, 1.165) is 26.2 Å². The Morgan fingerprint density at radius 3 is 2.93 bits per heavy atom. The van der Waals surface area contributed by atoms with Crippen LogP contribution in [0.4, 0.5) is 5.69 Å². The van der Waals surface area contributed by atoms with Crippen LogP contribution in [0.5, 0.6) is 0 Å². The lowest BCUT2D eigenvalue weighted by atomic mass is 10.1. The van der Waals surface area contributed by atoms with E-state index in [0.29, 0.717) is 5.33 Å². The van der Waals surface area contributed by atoms with Gasteiger partial charge >= 0.3 is 0 Å². The van der Waals surface area contributed by atoms with Crippen LogP contribution in [0.2, 0.25) is 0 Å². The number of halogens is 1. The predicted octanol–water partition coefficient (Wildman–Crippen LogP) is 3.25. The van der Waals surface area contributed by atoms with Crippen molar-refractivity contribution in [2.24, 2.45) is 0 Å². The van der Waals surface area contributed by atoms with Crippen LogP contribution in [0.1, 0.15) is 10.4 Å². The van der Waals surface area contributed by atoms with E-state index in [1.165, 1.54) is 11.3 Å². The van der Waals surface area contributed by atoms with Crippen molar-refractivity contribution in [3.63, 3.8) is 0 Å². The SMILES string of the molecule is N#Cc1sc2cccc(N)c2c1CBr. The number of hydrogen-bond donors (Lipinski definition) is 1. The minimum atomic E-state index is 0.671. The van der Waals surface area contributed by atoms with E-state index in [-0.39, 0.29) is 0 Å². The molecule has 0 unspecified atom stereocenters. The summed E-state index contributed by atoms with van der Waals surface area (Å²) >= 11 is 4.88. The van der Waals surface area contributed by atoms with E-state index >= 15 is 0 Å². The van der Waals surface area contributed by atoms with Crippen LogP contribution in [0.3, 0.4) is 0 Å². The Morgan fingerprint density at radius 1 is 1.50 bits per heavy atom. The summed E-state index contributed by atoms with van der Waals surface area (Å²) in [7, 11) is 0. The molecule has 1 aromatic carbocycles. The van der Waals surface area contributed by atoms with E-state index in [2.05, 4.69) is 22.0 Å². The summed E-state index contributed by atoms with van der Waals surface area (Å²) in [6, 6.07) is 7.96. The molecule has 0 spiro atoms. The second-order valence-corrected chi connectivity index (χ2v) is 4.49. The monoisotopic (exact) mass is 266 g/mol. The molecular formula is C10H7BrN2S. The molecular weight excluding hydrogens is 260 g/mol. The van der Waals surface area contributed by atoms with Gasteiger partial charge < -0.3 is 5.73 Å². The molecule has 0 atom stereocenters. The first-order valence-electron chi connectivity index (χ1n) is 4.04. The highest BCUT2D eigenvalue weighted by molar-refractivity contribution is 9.08. The lowest BCUT2D eigenvalue weighted by Gasteiger charge is -1.97. The van der Waals surface area contributed by atoms with Gasteiger partial charge in [-0.3, -0.25) is 0 Å². The third-order valence-corrected chi connectivity index (χ3v) is 3.74. The Balaban J connectivity index is 2.90. The molecule has 1 heterocycles. The largest absolute Gasteiger partial charge is 0.398 e. The van der Waals surface area contributed by atoms with Gasteiger partial charge in [0.2, 0.25) is 0 Å². The maximum Gasteiger partial charge on any atom is 0.110 e. The lowest BCUT2D eigenvalue weighted by Crippen LogP contribution is -1.87. The molecule has 0 fully saturated rings. The van der Waals surface area contributed by atoms with E-state index < -0.39 is 0 Å². The number of nitrogens with two attached hydrogens (primary N) is 1. The maximum absolute atomic E-state index is 8.94. The third-order valence-electron chi connectivity index (χ3n) is 2.08. The van der Waals surface area contributed by atoms with Gasteiger partial charge in [0.25, 0.3) is 0 Å². The van der Waals surface area contributed by atoms with Crippen LogP contribution in [0.15, 0.2) is 18.2 Å². The third kappa shape index (κ3) is 1.29. The smallest absolute Gasteiger partial charge is 0.110 e. The second kappa shape index (κ2) is 3.60. The number of hydrogen-bond acceptors (Lipinski definition) is 3. The van der Waals surface area contributed by atoms with E-state index in [9.17, 15) is 0 Å². The highest BCUT2D eigenvalue weighted by atomic mass is 79.9. The number of anilines is 1. The summed E-state index contributed by atoms with van der Waals surface area (Å²) in [4.78, 5) is 0.745. The summed E-state index contributed by atoms with van der Waals surface area (Å²) in [5, 5.41) is 10.6. The number of nitrogen functional groups attached to an aromatic ring is 1. The van der Waals surface area contributed by atoms with Gasteiger partial charge in [0.1, 0.15) is 10.9 Å². The molecule has 14 heavy (non-hydrogen) atoms. The van der Waals surface area contributed by atoms with Crippen molar-refractivity contribution < 1.29 is 0 Å². The summed E-state index contributed by atoms with van der Waals surface area (Å²) in [5.41, 5.74) is 7.63. The minimum Gasteiger partial charge on any atom is -0.398 e. The van der Waals surface area contributed by atoms with Gasteiger partial charge in [-0.25, -0.2) is 0 Å². The maximum atomic E-state index is 8.94. The molecule has 0 aliphatic heterocycles. The van der Waals surface area contributed by atoms with Crippen molar-refractivity contribution in [1.29, 1.82) is 5.26 Å². The molecule has 2 rings (SSSR count). The predicted molar refractivity (Wildman–Crippen MR) is 63.6 cm³/mol. The highest BCUT2D eigenvalue weighted by Crippen LogP contribution is 2.35. The first-order valence-corrected chi connectivity index (χ1v) is 5.97. The van der Waals surface area contributed by atoms with Gasteiger partial charge in [0.15, 0.2) is 0 Å². The molecule has 0 amide bonds. The molecule has 0 radical (unpaired) electrons. The summed E-state index contributed by atoms with van der Waals surface area (Å²) < 4.78 is 1.08. The van der Waals surface area contributed by atoms with Crippen molar-refractivity contribution in [2.45, 2.75) is 5.33 Å². The van der Waals surface area contributed by atoms with Gasteiger partial charge in [0, 0.05) is 26.7 Å². The molecule has 4 heteroatoms. The first kappa shape index (κ1) is 9.50. The zero-order valence-electron chi connectivity index (χ0n) is 7.25. The van der Waals surface area contributed by atoms with Crippen molar-refractivity contribution >= 4 is 43.0 Å². The number of nitrogens with zero attached hydrogens (tertiary/aromatic N) is 1. The van der Waals surface area contributed by atoms with Gasteiger partial charge in [-0.2, -0.15) is 5.26 Å². The molecule has 2 N–H and O–H groups in total. The lowest BCUT2D eigenvalue weighted by molar-refractivity contribution is 1.46. The Morgan fingerprint density at radius 2 is 2.29 bits per heavy atom. The molecule has 0 aliphatic rings. The van der Waals surface area contributed by atoms with Crippen LogP contribution >= 0.6 is 27.3 Å². The average Bonchev–Trinajstić information content (AvgIpc) is 2.56. The molecule has 0 saturated heterocycles. The Labute approximate surface area is 94.1 Å². The summed E-state index contributed by atoms with van der Waals surface area (Å²) in [6.07, 6.45) is 0. The molecule has 2 aromatic rings. The molecule has 0 bridgehead atoms. The topological polar surface area (TPSA) is 49.8 Å². The van der Waals surface area contributed by atoms with Crippen molar-refractivity contribution in [3.05, 3.63) is 28.6 Å². The van der Waals surface area contributed by atoms with Gasteiger partial charge in [-0.1, -0.05) is 22.0 Å². The number of thiophene rings is 1. The van der Waals surface area contributed by atoms with Crippen molar-refractivity contribution in [1.82, 2.24) is 0 Å². The molecule has 2 nitrogen and oxygen atoms in total. The fraction of sp³-hybridized carbons (Fsp3) is 0.100. The fourth-order valence-electron chi connectivity index (χ4n) is 1.46. The van der Waals surface area contributed by atoms with Crippen molar-refractivity contribution in [2.75, 3.05) is 5.73 Å². The Bertz CT molecular complexity index is 525. The van der Waals surface area contributed by atoms with Gasteiger partial charge in [-0.05, 0) is 12.1 Å². The van der Waals surface area contributed by atoms with Crippen LogP contribution < -0.4 is 5.73 Å². The summed E-state index contributed by atoms with van der Waals surface area (Å²) in [5.74, 6) is 0. The number of alkyl halides is 1. The van der Waals surface area contributed by atoms with Crippen molar-refractivity contribution in [3.8, 4) is 6.07 Å². The Kier molecular flexibility index (Phi) is 2.44. The van der Waals surface area contributed by atoms with E-state index in [1.54, 1.807) is 0 Å². The van der Waals surface area contributed by atoms with E-state index in [4.69, 9.17) is 11.0 Å². The number of fused-ring (bicyclic) bond motifs is 1. The van der Waals surface area contributed by atoms with Crippen LogP contribution in [-0.2, 0) is 5.33 Å².